The van der Waals surface area contributed by atoms with E-state index in [1.54, 1.807) is 0 Å². The predicted octanol–water partition coefficient (Wildman–Crippen LogP) is 6.87. The quantitative estimate of drug-likeness (QED) is 0.150. The van der Waals surface area contributed by atoms with Gasteiger partial charge in [0.2, 0.25) is 0 Å². The molecule has 6 aromatic rings. The molecule has 5 heteroatoms. The van der Waals surface area contributed by atoms with Gasteiger partial charge in [-0.2, -0.15) is 0 Å². The molecule has 6 rings (SSSR count). The molecule has 0 heterocycles. The first kappa shape index (κ1) is 20.9. The molecule has 6 aromatic carbocycles. The molecule has 0 amide bonds. The van der Waals surface area contributed by atoms with Crippen LogP contribution in [0.5, 0.6) is 0 Å². The van der Waals surface area contributed by atoms with Crippen molar-refractivity contribution in [2.75, 3.05) is 0 Å². The first-order chi connectivity index (χ1) is 16.3. The molecule has 0 radical (unpaired) electrons. The molecule has 0 aliphatic heterocycles. The van der Waals surface area contributed by atoms with E-state index in [1.807, 2.05) is 48.5 Å². The molecule has 0 N–H and O–H groups in total. The van der Waals surface area contributed by atoms with Crippen molar-refractivity contribution in [2.45, 2.75) is 0 Å². The molecule has 0 saturated heterocycles. The van der Waals surface area contributed by atoms with E-state index in [0.717, 1.165) is 44.5 Å². The third-order valence-electron chi connectivity index (χ3n) is 6.49. The molecule has 0 nitrogen and oxygen atoms in total. The van der Waals surface area contributed by atoms with Crippen LogP contribution in [0, 0.1) is 23.3 Å². The summed E-state index contributed by atoms with van der Waals surface area (Å²) in [6.07, 6.45) is 4.47. The summed E-state index contributed by atoms with van der Waals surface area (Å²) in [7, 11) is 0. The maximum atomic E-state index is 14.4. The lowest BCUT2D eigenvalue weighted by Crippen LogP contribution is -2.27. The zero-order valence-electron chi connectivity index (χ0n) is 17.8. The lowest BCUT2D eigenvalue weighted by Gasteiger charge is -2.29. The number of halogens is 4. The zero-order valence-corrected chi connectivity index (χ0v) is 18.7. The van der Waals surface area contributed by atoms with Crippen LogP contribution in [0.15, 0.2) is 91.0 Å². The zero-order chi connectivity index (χ0) is 23.6. The number of benzene rings is 6. The molecule has 0 spiro atoms. The summed E-state index contributed by atoms with van der Waals surface area (Å²) in [5, 5.41) is 7.29. The average molecular weight is 472 g/mol. The summed E-state index contributed by atoms with van der Waals surface area (Å²) in [6, 6.07) is 24.3. The highest BCUT2D eigenvalue weighted by Crippen LogP contribution is 2.46. The van der Waals surface area contributed by atoms with Crippen LogP contribution >= 0.6 is 6.89 Å². The van der Waals surface area contributed by atoms with Crippen molar-refractivity contribution in [1.29, 1.82) is 0 Å². The third kappa shape index (κ3) is 3.06. The van der Waals surface area contributed by atoms with E-state index in [0.29, 0.717) is 5.30 Å². The van der Waals surface area contributed by atoms with Gasteiger partial charge in [-0.1, -0.05) is 60.9 Å². The van der Waals surface area contributed by atoms with Crippen LogP contribution < -0.4 is 15.9 Å². The average Bonchev–Trinajstić information content (AvgIpc) is 2.80. The minimum atomic E-state index is -3.10. The Hall–Kier alpha value is -3.62. The van der Waals surface area contributed by atoms with Gasteiger partial charge in [0, 0.05) is 12.1 Å². The third-order valence-corrected chi connectivity index (χ3v) is 9.99. The Labute approximate surface area is 193 Å². The van der Waals surface area contributed by atoms with E-state index in [9.17, 15) is 17.6 Å². The Morgan fingerprint density at radius 2 is 0.941 bits per heavy atom. The smallest absolute Gasteiger partial charge is 0.126 e. The first-order valence-corrected chi connectivity index (χ1v) is 12.7. The second kappa shape index (κ2) is 7.44. The Kier molecular flexibility index (Phi) is 4.59. The van der Waals surface area contributed by atoms with Crippen molar-refractivity contribution < 1.29 is 17.6 Å². The second-order valence-electron chi connectivity index (χ2n) is 8.51. The molecular formula is C29H17F4P. The van der Waals surface area contributed by atoms with Crippen molar-refractivity contribution in [1.82, 2.24) is 0 Å². The van der Waals surface area contributed by atoms with Crippen LogP contribution in [-0.2, 0) is 0 Å². The van der Waals surface area contributed by atoms with Crippen LogP contribution in [0.25, 0.3) is 32.3 Å². The van der Waals surface area contributed by atoms with Crippen molar-refractivity contribution in [3.05, 3.63) is 114 Å². The molecule has 0 atom stereocenters. The van der Waals surface area contributed by atoms with Crippen LogP contribution in [0.4, 0.5) is 17.6 Å². The highest BCUT2D eigenvalue weighted by Gasteiger charge is 2.27. The monoisotopic (exact) mass is 472 g/mol. The van der Waals surface area contributed by atoms with Gasteiger partial charge < -0.3 is 0 Å². The maximum absolute atomic E-state index is 14.4. The van der Waals surface area contributed by atoms with Crippen LogP contribution in [-0.4, -0.2) is 6.30 Å². The van der Waals surface area contributed by atoms with E-state index in [-0.39, 0.29) is 10.6 Å². The van der Waals surface area contributed by atoms with Gasteiger partial charge in [0.1, 0.15) is 23.3 Å². The van der Waals surface area contributed by atoms with Gasteiger partial charge >= 0.3 is 0 Å². The standard InChI is InChI=1S/C29H17F4P/c1-34(24-13-20(30)11-21(31)14-24,25-15-22(32)12-23(33)16-25)27-10-8-19-6-5-17-3-2-4-18-7-9-26(27)29(19)28(17)18/h2-16H,1H2. The number of rotatable bonds is 3. The van der Waals surface area contributed by atoms with E-state index in [4.69, 9.17) is 0 Å². The molecule has 34 heavy (non-hydrogen) atoms. The van der Waals surface area contributed by atoms with Gasteiger partial charge in [0.15, 0.2) is 0 Å². The first-order valence-electron chi connectivity index (χ1n) is 10.7. The largest absolute Gasteiger partial charge is 0.207 e. The lowest BCUT2D eigenvalue weighted by atomic mass is 9.94. The molecule has 0 aliphatic rings. The normalized spacial score (nSPS) is 12.2. The highest BCUT2D eigenvalue weighted by atomic mass is 31.2. The Morgan fingerprint density at radius 3 is 1.47 bits per heavy atom. The molecule has 0 bridgehead atoms. The summed E-state index contributed by atoms with van der Waals surface area (Å²) in [4.78, 5) is 0. The minimum Gasteiger partial charge on any atom is -0.207 e. The summed E-state index contributed by atoms with van der Waals surface area (Å²) >= 11 is 0. The van der Waals surface area contributed by atoms with Gasteiger partial charge in [-0.3, -0.25) is 0 Å². The summed E-state index contributed by atoms with van der Waals surface area (Å²) in [6.45, 7) is -3.10. The van der Waals surface area contributed by atoms with Crippen molar-refractivity contribution >= 4 is 61.4 Å². The van der Waals surface area contributed by atoms with Gasteiger partial charge in [0.05, 0.1) is 0 Å². The molecule has 0 aromatic heterocycles. The highest BCUT2D eigenvalue weighted by molar-refractivity contribution is 7.93. The maximum Gasteiger partial charge on any atom is 0.126 e. The van der Waals surface area contributed by atoms with Crippen LogP contribution in [0.2, 0.25) is 0 Å². The van der Waals surface area contributed by atoms with Gasteiger partial charge in [0.25, 0.3) is 0 Å². The van der Waals surface area contributed by atoms with E-state index >= 15 is 0 Å². The molecular weight excluding hydrogens is 455 g/mol. The summed E-state index contributed by atoms with van der Waals surface area (Å²) in [5.74, 6) is -3.06. The Bertz CT molecular complexity index is 1680. The molecule has 166 valence electrons. The van der Waals surface area contributed by atoms with Gasteiger partial charge in [-0.15, -0.1) is 0 Å². The number of hydrogen-bond donors (Lipinski definition) is 0. The minimum absolute atomic E-state index is 0.269. The van der Waals surface area contributed by atoms with E-state index in [1.165, 1.54) is 24.3 Å². The topological polar surface area (TPSA) is 0 Å². The summed E-state index contributed by atoms with van der Waals surface area (Å²) in [5.41, 5.74) is 0. The predicted molar refractivity (Wildman–Crippen MR) is 136 cm³/mol. The second-order valence-corrected chi connectivity index (χ2v) is 11.6. The Morgan fingerprint density at radius 1 is 0.500 bits per heavy atom. The van der Waals surface area contributed by atoms with Crippen molar-refractivity contribution in [2.24, 2.45) is 0 Å². The lowest BCUT2D eigenvalue weighted by molar-refractivity contribution is 0.585. The molecule has 0 aliphatic carbocycles. The van der Waals surface area contributed by atoms with Gasteiger partial charge in [-0.05, 0) is 79.4 Å². The summed E-state index contributed by atoms with van der Waals surface area (Å²) < 4.78 is 57.6. The van der Waals surface area contributed by atoms with E-state index < -0.39 is 30.2 Å². The molecule has 0 unspecified atom stereocenters. The Balaban J connectivity index is 1.79. The number of hydrogen-bond acceptors (Lipinski definition) is 0. The SMILES string of the molecule is C=P(c1cc(F)cc(F)c1)(c1cc(F)cc(F)c1)c1ccc2ccc3cccc4ccc1c2c34. The fourth-order valence-electron chi connectivity index (χ4n) is 5.00. The van der Waals surface area contributed by atoms with Gasteiger partial charge in [-0.25, -0.2) is 17.6 Å². The molecule has 0 fully saturated rings. The van der Waals surface area contributed by atoms with E-state index in [2.05, 4.69) is 12.4 Å². The van der Waals surface area contributed by atoms with Crippen molar-refractivity contribution in [3.8, 4) is 0 Å². The fraction of sp³-hybridized carbons (Fsp3) is 0. The fourth-order valence-corrected chi connectivity index (χ4v) is 8.16. The molecule has 0 saturated carbocycles. The van der Waals surface area contributed by atoms with Crippen LogP contribution in [0.1, 0.15) is 0 Å². The van der Waals surface area contributed by atoms with Crippen LogP contribution in [0.3, 0.4) is 0 Å². The van der Waals surface area contributed by atoms with Crippen molar-refractivity contribution in [3.63, 3.8) is 0 Å².